The number of phenolic OH excluding ortho intramolecular Hbond substituents is 1. The maximum Gasteiger partial charge on any atom is 0.266 e. The van der Waals surface area contributed by atoms with Gasteiger partial charge in [-0.1, -0.05) is 0 Å². The largest absolute Gasteiger partial charge is 0.505 e. The Balaban J connectivity index is 2.64. The number of rotatable bonds is 0. The third-order valence-electron chi connectivity index (χ3n) is 2.50. The summed E-state index contributed by atoms with van der Waals surface area (Å²) in [7, 11) is 0. The van der Waals surface area contributed by atoms with E-state index in [1.54, 1.807) is 11.4 Å². The molecular weight excluding hydrogens is 229 g/mol. The van der Waals surface area contributed by atoms with Crippen molar-refractivity contribution in [2.24, 2.45) is 0 Å². The second kappa shape index (κ2) is 3.05. The summed E-state index contributed by atoms with van der Waals surface area (Å²) >= 11 is 1.32. The highest BCUT2D eigenvalue weighted by Gasteiger charge is 2.09. The van der Waals surface area contributed by atoms with E-state index in [1.807, 2.05) is 0 Å². The lowest BCUT2D eigenvalue weighted by atomic mass is 10.1. The molecule has 1 aromatic carbocycles. The Morgan fingerprint density at radius 1 is 1.31 bits per heavy atom. The standard InChI is InChI=1S/C11H6FNO2S/c12-7-4-8-6(3-9(7)14)5-1-2-16-10(5)11(15)13-8/h1-4,14H,(H,13,15). The predicted molar refractivity (Wildman–Crippen MR) is 61.6 cm³/mol. The van der Waals surface area contributed by atoms with Crippen LogP contribution in [0, 0.1) is 5.82 Å². The summed E-state index contributed by atoms with van der Waals surface area (Å²) in [6.45, 7) is 0. The molecule has 2 heterocycles. The van der Waals surface area contributed by atoms with Gasteiger partial charge in [0, 0.05) is 16.8 Å². The number of nitrogens with one attached hydrogen (secondary N) is 1. The quantitative estimate of drug-likeness (QED) is 0.629. The fraction of sp³-hybridized carbons (Fsp3) is 0. The van der Waals surface area contributed by atoms with Crippen molar-refractivity contribution in [2.45, 2.75) is 0 Å². The number of phenols is 1. The fourth-order valence-electron chi connectivity index (χ4n) is 1.76. The number of H-pyrrole nitrogens is 1. The second-order valence-corrected chi connectivity index (χ2v) is 4.38. The number of benzene rings is 1. The van der Waals surface area contributed by atoms with Gasteiger partial charge in [-0.3, -0.25) is 4.79 Å². The van der Waals surface area contributed by atoms with E-state index in [9.17, 15) is 14.3 Å². The Bertz CT molecular complexity index is 760. The van der Waals surface area contributed by atoms with Crippen LogP contribution in [0.5, 0.6) is 5.75 Å². The van der Waals surface area contributed by atoms with E-state index in [0.29, 0.717) is 15.6 Å². The van der Waals surface area contributed by atoms with Crippen molar-refractivity contribution >= 4 is 32.3 Å². The zero-order valence-electron chi connectivity index (χ0n) is 7.95. The Hall–Kier alpha value is -1.88. The molecule has 0 atom stereocenters. The minimum atomic E-state index is -0.738. The molecule has 0 amide bonds. The number of aromatic amines is 1. The van der Waals surface area contributed by atoms with Crippen LogP contribution in [-0.2, 0) is 0 Å². The van der Waals surface area contributed by atoms with Gasteiger partial charge in [-0.15, -0.1) is 11.3 Å². The highest BCUT2D eigenvalue weighted by molar-refractivity contribution is 7.17. The number of aromatic hydroxyl groups is 1. The van der Waals surface area contributed by atoms with Gasteiger partial charge < -0.3 is 10.1 Å². The maximum absolute atomic E-state index is 13.1. The van der Waals surface area contributed by atoms with E-state index in [0.717, 1.165) is 11.5 Å². The molecule has 0 aliphatic carbocycles. The third kappa shape index (κ3) is 1.15. The van der Waals surface area contributed by atoms with Crippen molar-refractivity contribution in [1.29, 1.82) is 0 Å². The summed E-state index contributed by atoms with van der Waals surface area (Å²) in [5.41, 5.74) is 0.161. The molecule has 80 valence electrons. The molecule has 0 bridgehead atoms. The lowest BCUT2D eigenvalue weighted by Crippen LogP contribution is -2.04. The van der Waals surface area contributed by atoms with Crippen molar-refractivity contribution in [3.8, 4) is 5.75 Å². The number of hydrogen-bond acceptors (Lipinski definition) is 3. The molecule has 0 saturated carbocycles. The maximum atomic E-state index is 13.1. The van der Waals surface area contributed by atoms with Crippen LogP contribution in [0.15, 0.2) is 28.4 Å². The smallest absolute Gasteiger partial charge is 0.266 e. The molecule has 0 saturated heterocycles. The van der Waals surface area contributed by atoms with Crippen LogP contribution in [0.2, 0.25) is 0 Å². The number of aromatic nitrogens is 1. The van der Waals surface area contributed by atoms with Crippen molar-refractivity contribution in [3.63, 3.8) is 0 Å². The van der Waals surface area contributed by atoms with Crippen molar-refractivity contribution in [2.75, 3.05) is 0 Å². The topological polar surface area (TPSA) is 53.1 Å². The van der Waals surface area contributed by atoms with Crippen LogP contribution in [0.3, 0.4) is 0 Å². The highest BCUT2D eigenvalue weighted by atomic mass is 32.1. The SMILES string of the molecule is O=c1[nH]c2cc(F)c(O)cc2c2ccsc12. The summed E-state index contributed by atoms with van der Waals surface area (Å²) < 4.78 is 13.7. The Morgan fingerprint density at radius 3 is 2.94 bits per heavy atom. The number of halogens is 1. The van der Waals surface area contributed by atoms with Gasteiger partial charge >= 0.3 is 0 Å². The molecule has 0 fully saturated rings. The van der Waals surface area contributed by atoms with E-state index >= 15 is 0 Å². The zero-order valence-corrected chi connectivity index (χ0v) is 8.77. The van der Waals surface area contributed by atoms with Crippen LogP contribution in [0.25, 0.3) is 21.0 Å². The first kappa shape index (κ1) is 9.35. The molecule has 3 rings (SSSR count). The number of hydrogen-bond donors (Lipinski definition) is 2. The van der Waals surface area contributed by atoms with Gasteiger partial charge in [0.25, 0.3) is 5.56 Å². The van der Waals surface area contributed by atoms with E-state index in [1.165, 1.54) is 17.4 Å². The third-order valence-corrected chi connectivity index (χ3v) is 3.41. The van der Waals surface area contributed by atoms with Crippen molar-refractivity contribution in [1.82, 2.24) is 4.98 Å². The summed E-state index contributed by atoms with van der Waals surface area (Å²) in [5.74, 6) is -1.15. The van der Waals surface area contributed by atoms with Gasteiger partial charge in [-0.05, 0) is 17.5 Å². The van der Waals surface area contributed by atoms with Crippen molar-refractivity contribution < 1.29 is 9.50 Å². The number of thiophene rings is 1. The van der Waals surface area contributed by atoms with Gasteiger partial charge in [-0.25, -0.2) is 4.39 Å². The lowest BCUT2D eigenvalue weighted by molar-refractivity contribution is 0.433. The minimum absolute atomic E-state index is 0.234. The molecule has 0 aliphatic rings. The predicted octanol–water partition coefficient (Wildman–Crippen LogP) is 2.59. The molecular formula is C11H6FNO2S. The Labute approximate surface area is 92.8 Å². The van der Waals surface area contributed by atoms with Crippen LogP contribution < -0.4 is 5.56 Å². The van der Waals surface area contributed by atoms with Gasteiger partial charge in [0.2, 0.25) is 0 Å². The lowest BCUT2D eigenvalue weighted by Gasteiger charge is -2.01. The van der Waals surface area contributed by atoms with E-state index in [2.05, 4.69) is 4.98 Å². The van der Waals surface area contributed by atoms with E-state index < -0.39 is 11.6 Å². The van der Waals surface area contributed by atoms with E-state index in [4.69, 9.17) is 0 Å². The highest BCUT2D eigenvalue weighted by Crippen LogP contribution is 2.29. The van der Waals surface area contributed by atoms with Crippen LogP contribution in [-0.4, -0.2) is 10.1 Å². The van der Waals surface area contributed by atoms with Crippen LogP contribution in [0.1, 0.15) is 0 Å². The average molecular weight is 235 g/mol. The first-order valence-electron chi connectivity index (χ1n) is 4.58. The molecule has 2 N–H and O–H groups in total. The van der Waals surface area contributed by atoms with Crippen molar-refractivity contribution in [3.05, 3.63) is 39.8 Å². The normalized spacial score (nSPS) is 11.3. The summed E-state index contributed by atoms with van der Waals surface area (Å²) in [6.07, 6.45) is 0. The summed E-state index contributed by atoms with van der Waals surface area (Å²) in [5, 5.41) is 12.5. The molecule has 3 aromatic rings. The molecule has 3 nitrogen and oxygen atoms in total. The summed E-state index contributed by atoms with van der Waals surface area (Å²) in [6, 6.07) is 4.24. The molecule has 2 aromatic heterocycles. The Morgan fingerprint density at radius 2 is 2.12 bits per heavy atom. The molecule has 0 aliphatic heterocycles. The fourth-order valence-corrected chi connectivity index (χ4v) is 2.57. The van der Waals surface area contributed by atoms with Gasteiger partial charge in [0.15, 0.2) is 11.6 Å². The van der Waals surface area contributed by atoms with Crippen LogP contribution in [0.4, 0.5) is 4.39 Å². The molecule has 5 heteroatoms. The monoisotopic (exact) mass is 235 g/mol. The first-order chi connectivity index (χ1) is 7.66. The molecule has 0 radical (unpaired) electrons. The number of pyridine rings is 1. The Kier molecular flexibility index (Phi) is 1.79. The number of fused-ring (bicyclic) bond motifs is 3. The van der Waals surface area contributed by atoms with Gasteiger partial charge in [0.1, 0.15) is 4.70 Å². The van der Waals surface area contributed by atoms with E-state index in [-0.39, 0.29) is 5.56 Å². The average Bonchev–Trinajstić information content (AvgIpc) is 2.71. The second-order valence-electron chi connectivity index (χ2n) is 3.47. The summed E-state index contributed by atoms with van der Waals surface area (Å²) in [4.78, 5) is 14.2. The molecule has 0 unspecified atom stereocenters. The van der Waals surface area contributed by atoms with Gasteiger partial charge in [0.05, 0.1) is 5.52 Å². The zero-order chi connectivity index (χ0) is 11.3. The van der Waals surface area contributed by atoms with Crippen LogP contribution >= 0.6 is 11.3 Å². The molecule has 16 heavy (non-hydrogen) atoms. The minimum Gasteiger partial charge on any atom is -0.505 e. The molecule has 0 spiro atoms. The van der Waals surface area contributed by atoms with Gasteiger partial charge in [-0.2, -0.15) is 0 Å². The first-order valence-corrected chi connectivity index (χ1v) is 5.46.